The molecule has 0 amide bonds. The molecule has 1 saturated heterocycles. The summed E-state index contributed by atoms with van der Waals surface area (Å²) in [6.07, 6.45) is 5.83. The van der Waals surface area contributed by atoms with Crippen LogP contribution in [0.4, 0.5) is 0 Å². The van der Waals surface area contributed by atoms with Crippen molar-refractivity contribution in [3.8, 4) is 0 Å². The number of likely N-dealkylation sites (tertiary alicyclic amines) is 1. The quantitative estimate of drug-likeness (QED) is 0.703. The predicted molar refractivity (Wildman–Crippen MR) is 95.4 cm³/mol. The average molecular weight is 351 g/mol. The van der Waals surface area contributed by atoms with Gasteiger partial charge in [0.1, 0.15) is 5.82 Å². The second-order valence-electron chi connectivity index (χ2n) is 7.31. The number of benzene rings is 1. The van der Waals surface area contributed by atoms with Crippen LogP contribution in [0, 0.1) is 5.92 Å². The monoisotopic (exact) mass is 351 g/mol. The summed E-state index contributed by atoms with van der Waals surface area (Å²) in [5, 5.41) is 8.48. The molecular weight excluding hydrogens is 330 g/mol. The van der Waals surface area contributed by atoms with Crippen molar-refractivity contribution in [2.75, 3.05) is 6.54 Å². The van der Waals surface area contributed by atoms with Crippen molar-refractivity contribution in [2.24, 2.45) is 5.92 Å². The maximum absolute atomic E-state index is 13.2. The van der Waals surface area contributed by atoms with Gasteiger partial charge in [-0.25, -0.2) is 4.98 Å². The molecule has 1 saturated carbocycles. The normalized spacial score (nSPS) is 20.8. The van der Waals surface area contributed by atoms with Crippen LogP contribution in [-0.2, 0) is 13.1 Å². The lowest BCUT2D eigenvalue weighted by atomic mass is 10.1. The van der Waals surface area contributed by atoms with Crippen LogP contribution in [0.3, 0.4) is 0 Å². The van der Waals surface area contributed by atoms with Crippen LogP contribution in [0.1, 0.15) is 43.4 Å². The number of aromatic nitrogens is 4. The maximum atomic E-state index is 13.2. The van der Waals surface area contributed by atoms with Gasteiger partial charge in [0.05, 0.1) is 23.5 Å². The van der Waals surface area contributed by atoms with Crippen LogP contribution in [0.25, 0.3) is 10.9 Å². The van der Waals surface area contributed by atoms with Crippen LogP contribution in [0.5, 0.6) is 0 Å². The molecule has 2 aliphatic rings. The van der Waals surface area contributed by atoms with Crippen molar-refractivity contribution in [3.05, 3.63) is 52.7 Å². The Morgan fingerprint density at radius 2 is 2.08 bits per heavy atom. The van der Waals surface area contributed by atoms with Gasteiger partial charge in [-0.1, -0.05) is 12.1 Å². The number of rotatable bonds is 5. The zero-order chi connectivity index (χ0) is 17.5. The lowest BCUT2D eigenvalue weighted by molar-refractivity contribution is 0.210. The molecule has 1 aliphatic carbocycles. The maximum Gasteiger partial charge on any atom is 0.261 e. The van der Waals surface area contributed by atoms with E-state index in [4.69, 9.17) is 9.40 Å². The molecule has 2 fully saturated rings. The van der Waals surface area contributed by atoms with Gasteiger partial charge in [-0.3, -0.25) is 14.3 Å². The molecule has 0 bridgehead atoms. The van der Waals surface area contributed by atoms with Crippen molar-refractivity contribution in [3.63, 3.8) is 0 Å². The minimum absolute atomic E-state index is 0.0853. The zero-order valence-electron chi connectivity index (χ0n) is 14.5. The Hall–Kier alpha value is -2.54. The minimum atomic E-state index is 0.0853. The van der Waals surface area contributed by atoms with E-state index in [0.717, 1.165) is 37.3 Å². The number of fused-ring (bicyclic) bond motifs is 1. The highest BCUT2D eigenvalue weighted by atomic mass is 16.4. The molecule has 7 heteroatoms. The molecule has 1 aliphatic heterocycles. The number of hydrogen-bond donors (Lipinski definition) is 0. The minimum Gasteiger partial charge on any atom is -0.427 e. The van der Waals surface area contributed by atoms with Gasteiger partial charge >= 0.3 is 0 Å². The Balaban J connectivity index is 1.58. The third-order valence-corrected chi connectivity index (χ3v) is 5.43. The summed E-state index contributed by atoms with van der Waals surface area (Å²) >= 11 is 0. The second kappa shape index (κ2) is 6.32. The first-order chi connectivity index (χ1) is 12.8. The number of hydrogen-bond acceptors (Lipinski definition) is 6. The molecular formula is C19H21N5O2. The molecule has 5 rings (SSSR count). The highest BCUT2D eigenvalue weighted by Gasteiger charge is 2.33. The summed E-state index contributed by atoms with van der Waals surface area (Å²) in [5.74, 6) is 2.10. The first kappa shape index (κ1) is 15.7. The Morgan fingerprint density at radius 3 is 2.88 bits per heavy atom. The lowest BCUT2D eigenvalue weighted by Gasteiger charge is -2.25. The summed E-state index contributed by atoms with van der Waals surface area (Å²) in [7, 11) is 0. The molecule has 3 aromatic rings. The first-order valence-corrected chi connectivity index (χ1v) is 9.28. The van der Waals surface area contributed by atoms with E-state index in [1.54, 1.807) is 0 Å². The van der Waals surface area contributed by atoms with Crippen LogP contribution in [0.2, 0.25) is 0 Å². The summed E-state index contributed by atoms with van der Waals surface area (Å²) in [4.78, 5) is 20.4. The summed E-state index contributed by atoms with van der Waals surface area (Å²) in [6, 6.07) is 7.76. The molecule has 3 heterocycles. The molecule has 1 unspecified atom stereocenters. The van der Waals surface area contributed by atoms with Gasteiger partial charge in [-0.2, -0.15) is 0 Å². The number of para-hydroxylation sites is 1. The molecule has 2 aromatic heterocycles. The molecule has 0 radical (unpaired) electrons. The smallest absolute Gasteiger partial charge is 0.261 e. The molecule has 1 aromatic carbocycles. The second-order valence-corrected chi connectivity index (χ2v) is 7.31. The lowest BCUT2D eigenvalue weighted by Crippen LogP contribution is -2.32. The van der Waals surface area contributed by atoms with Gasteiger partial charge in [0.25, 0.3) is 5.56 Å². The molecule has 7 nitrogen and oxygen atoms in total. The first-order valence-electron chi connectivity index (χ1n) is 9.28. The van der Waals surface area contributed by atoms with Gasteiger partial charge in [-0.15, -0.1) is 10.2 Å². The fraction of sp³-hybridized carbons (Fsp3) is 0.474. The fourth-order valence-corrected chi connectivity index (χ4v) is 3.92. The Labute approximate surface area is 150 Å². The third kappa shape index (κ3) is 2.82. The van der Waals surface area contributed by atoms with E-state index in [1.807, 2.05) is 28.8 Å². The van der Waals surface area contributed by atoms with Gasteiger partial charge in [0.2, 0.25) is 12.3 Å². The Kier molecular flexibility index (Phi) is 3.81. The van der Waals surface area contributed by atoms with Crippen molar-refractivity contribution in [2.45, 2.75) is 44.8 Å². The molecule has 26 heavy (non-hydrogen) atoms. The average Bonchev–Trinajstić information content (AvgIpc) is 3.13. The fourth-order valence-electron chi connectivity index (χ4n) is 3.92. The van der Waals surface area contributed by atoms with E-state index in [2.05, 4.69) is 15.1 Å². The van der Waals surface area contributed by atoms with E-state index in [1.165, 1.54) is 19.2 Å². The summed E-state index contributed by atoms with van der Waals surface area (Å²) in [5.41, 5.74) is 0.867. The van der Waals surface area contributed by atoms with Crippen LogP contribution >= 0.6 is 0 Å². The topological polar surface area (TPSA) is 77.1 Å². The largest absolute Gasteiger partial charge is 0.427 e. The van der Waals surface area contributed by atoms with E-state index >= 15 is 0 Å². The Bertz CT molecular complexity index is 977. The van der Waals surface area contributed by atoms with E-state index < -0.39 is 0 Å². The van der Waals surface area contributed by atoms with Crippen molar-refractivity contribution in [1.82, 2.24) is 24.6 Å². The van der Waals surface area contributed by atoms with Crippen molar-refractivity contribution >= 4 is 10.9 Å². The highest BCUT2D eigenvalue weighted by molar-refractivity contribution is 5.77. The van der Waals surface area contributed by atoms with Crippen LogP contribution in [-0.4, -0.2) is 31.2 Å². The molecule has 0 spiro atoms. The predicted octanol–water partition coefficient (Wildman–Crippen LogP) is 2.53. The van der Waals surface area contributed by atoms with Crippen LogP contribution < -0.4 is 5.56 Å². The van der Waals surface area contributed by atoms with Crippen LogP contribution in [0.15, 0.2) is 39.9 Å². The molecule has 134 valence electrons. The van der Waals surface area contributed by atoms with Gasteiger partial charge < -0.3 is 4.42 Å². The van der Waals surface area contributed by atoms with Crippen molar-refractivity contribution in [1.29, 1.82) is 0 Å². The van der Waals surface area contributed by atoms with E-state index in [0.29, 0.717) is 23.7 Å². The Morgan fingerprint density at radius 1 is 1.19 bits per heavy atom. The SMILES string of the molecule is O=c1c2ccccc2nc(C2CCCN2Cc2nnco2)n1CC1CC1. The highest BCUT2D eigenvalue weighted by Crippen LogP contribution is 2.35. The summed E-state index contributed by atoms with van der Waals surface area (Å²) < 4.78 is 7.25. The molecule has 1 atom stereocenters. The third-order valence-electron chi connectivity index (χ3n) is 5.43. The van der Waals surface area contributed by atoms with Gasteiger partial charge in [0.15, 0.2) is 0 Å². The summed E-state index contributed by atoms with van der Waals surface area (Å²) in [6.45, 7) is 2.31. The zero-order valence-corrected chi connectivity index (χ0v) is 14.5. The standard InChI is InChI=1S/C19H21N5O2/c25-19-14-4-1-2-5-15(14)21-18(24(19)10-13-7-8-13)16-6-3-9-23(16)11-17-22-20-12-26-17/h1-2,4-5,12-13,16H,3,6-11H2. The van der Waals surface area contributed by atoms with E-state index in [9.17, 15) is 4.79 Å². The van der Waals surface area contributed by atoms with Crippen molar-refractivity contribution < 1.29 is 4.42 Å². The molecule has 0 N–H and O–H groups in total. The van der Waals surface area contributed by atoms with Gasteiger partial charge in [-0.05, 0) is 50.3 Å². The number of nitrogens with zero attached hydrogens (tertiary/aromatic N) is 5. The van der Waals surface area contributed by atoms with Gasteiger partial charge in [0, 0.05) is 6.54 Å². The van der Waals surface area contributed by atoms with E-state index in [-0.39, 0.29) is 11.6 Å².